The van der Waals surface area contributed by atoms with Crippen LogP contribution in [0.3, 0.4) is 0 Å². The molecular formula is C18H18ClNO3. The van der Waals surface area contributed by atoms with E-state index in [4.69, 9.17) is 20.9 Å². The second kappa shape index (κ2) is 8.40. The number of hydrogen-bond acceptors (Lipinski definition) is 4. The second-order valence-electron chi connectivity index (χ2n) is 5.07. The molecule has 5 heteroatoms. The van der Waals surface area contributed by atoms with Gasteiger partial charge in [0.2, 0.25) is 0 Å². The van der Waals surface area contributed by atoms with Gasteiger partial charge in [0.15, 0.2) is 0 Å². The second-order valence-corrected chi connectivity index (χ2v) is 5.47. The number of benzene rings is 1. The Morgan fingerprint density at radius 3 is 2.87 bits per heavy atom. The van der Waals surface area contributed by atoms with Gasteiger partial charge in [0.1, 0.15) is 23.1 Å². The van der Waals surface area contributed by atoms with Gasteiger partial charge in [-0.25, -0.2) is 4.79 Å². The van der Waals surface area contributed by atoms with Crippen LogP contribution in [0.25, 0.3) is 11.3 Å². The molecule has 2 rings (SSSR count). The number of nitrogens with zero attached hydrogens (tertiary/aromatic N) is 1. The van der Waals surface area contributed by atoms with E-state index >= 15 is 0 Å². The Kier molecular flexibility index (Phi) is 6.25. The zero-order valence-electron chi connectivity index (χ0n) is 13.2. The summed E-state index contributed by atoms with van der Waals surface area (Å²) in [7, 11) is 0. The molecule has 0 saturated heterocycles. The standard InChI is InChI=1S/C18H18ClNO3/c1-3-4-5-6-9-12-22-18(21)16-13(2)23-20-17(16)14-10-7-8-11-15(14)19/h7-8,10-11H,3-6H2,1-2H3. The lowest BCUT2D eigenvalue weighted by atomic mass is 10.1. The number of unbranched alkanes of at least 4 members (excludes halogenated alkanes) is 3. The number of ether oxygens (including phenoxy) is 1. The summed E-state index contributed by atoms with van der Waals surface area (Å²) in [4.78, 5) is 12.3. The molecule has 4 nitrogen and oxygen atoms in total. The van der Waals surface area contributed by atoms with Crippen molar-refractivity contribution in [3.05, 3.63) is 40.6 Å². The minimum atomic E-state index is -0.582. The van der Waals surface area contributed by atoms with Crippen molar-refractivity contribution >= 4 is 17.6 Å². The van der Waals surface area contributed by atoms with E-state index in [9.17, 15) is 4.79 Å². The summed E-state index contributed by atoms with van der Waals surface area (Å²) in [6.07, 6.45) is 6.40. The summed E-state index contributed by atoms with van der Waals surface area (Å²) < 4.78 is 10.1. The van der Waals surface area contributed by atoms with Crippen molar-refractivity contribution in [3.8, 4) is 23.3 Å². The minimum absolute atomic E-state index is 0.251. The van der Waals surface area contributed by atoms with Gasteiger partial charge in [0, 0.05) is 12.0 Å². The van der Waals surface area contributed by atoms with Gasteiger partial charge < -0.3 is 9.26 Å². The molecule has 0 saturated carbocycles. The summed E-state index contributed by atoms with van der Waals surface area (Å²) in [6.45, 7) is 3.77. The highest BCUT2D eigenvalue weighted by molar-refractivity contribution is 6.33. The van der Waals surface area contributed by atoms with Gasteiger partial charge in [0.25, 0.3) is 0 Å². The van der Waals surface area contributed by atoms with Crippen LogP contribution in [-0.4, -0.2) is 11.1 Å². The van der Waals surface area contributed by atoms with Crippen molar-refractivity contribution in [2.45, 2.75) is 39.5 Å². The molecular weight excluding hydrogens is 314 g/mol. The maximum Gasteiger partial charge on any atom is 0.358 e. The molecule has 0 fully saturated rings. The fraction of sp³-hybridized carbons (Fsp3) is 0.333. The van der Waals surface area contributed by atoms with E-state index in [0.717, 1.165) is 19.3 Å². The summed E-state index contributed by atoms with van der Waals surface area (Å²) in [5, 5.41) is 4.41. The number of hydrogen-bond donors (Lipinski definition) is 0. The quantitative estimate of drug-likeness (QED) is 0.439. The minimum Gasteiger partial charge on any atom is -0.368 e. The van der Waals surface area contributed by atoms with Crippen LogP contribution in [0.4, 0.5) is 0 Å². The molecule has 0 unspecified atom stereocenters. The van der Waals surface area contributed by atoms with Gasteiger partial charge in [-0.15, -0.1) is 0 Å². The molecule has 0 spiro atoms. The third-order valence-electron chi connectivity index (χ3n) is 3.32. The molecule has 0 N–H and O–H groups in total. The normalized spacial score (nSPS) is 10.0. The molecule has 120 valence electrons. The summed E-state index contributed by atoms with van der Waals surface area (Å²) in [5.74, 6) is 2.62. The van der Waals surface area contributed by atoms with Gasteiger partial charge in [-0.1, -0.05) is 60.6 Å². The van der Waals surface area contributed by atoms with E-state index in [-0.39, 0.29) is 5.56 Å². The Morgan fingerprint density at radius 1 is 1.35 bits per heavy atom. The first-order valence-corrected chi connectivity index (χ1v) is 7.93. The lowest BCUT2D eigenvalue weighted by molar-refractivity contribution is 0.0689. The maximum absolute atomic E-state index is 12.3. The topological polar surface area (TPSA) is 52.3 Å². The zero-order valence-corrected chi connectivity index (χ0v) is 13.9. The third kappa shape index (κ3) is 4.37. The Morgan fingerprint density at radius 2 is 2.13 bits per heavy atom. The Balaban J connectivity index is 2.15. The number of aromatic nitrogens is 1. The van der Waals surface area contributed by atoms with Crippen molar-refractivity contribution in [2.24, 2.45) is 0 Å². The Labute approximate surface area is 140 Å². The first kappa shape index (κ1) is 17.1. The monoisotopic (exact) mass is 331 g/mol. The van der Waals surface area contributed by atoms with E-state index in [1.165, 1.54) is 0 Å². The third-order valence-corrected chi connectivity index (χ3v) is 3.65. The highest BCUT2D eigenvalue weighted by Gasteiger charge is 2.24. The molecule has 2 aromatic rings. The van der Waals surface area contributed by atoms with Crippen molar-refractivity contribution in [3.63, 3.8) is 0 Å². The van der Waals surface area contributed by atoms with Crippen LogP contribution in [0.1, 0.15) is 48.7 Å². The molecule has 0 aliphatic rings. The molecule has 1 aromatic carbocycles. The number of rotatable bonds is 5. The summed E-state index contributed by atoms with van der Waals surface area (Å²) in [6, 6.07) is 7.11. The highest BCUT2D eigenvalue weighted by Crippen LogP contribution is 2.31. The fourth-order valence-corrected chi connectivity index (χ4v) is 2.32. The number of carbonyl (C=O) groups excluding carboxylic acids is 1. The van der Waals surface area contributed by atoms with Gasteiger partial charge in [0.05, 0.1) is 5.02 Å². The van der Waals surface area contributed by atoms with Gasteiger partial charge in [-0.05, 0) is 19.4 Å². The fourth-order valence-electron chi connectivity index (χ4n) is 2.10. The highest BCUT2D eigenvalue weighted by atomic mass is 35.5. The number of halogens is 1. The van der Waals surface area contributed by atoms with Crippen molar-refractivity contribution < 1.29 is 14.1 Å². The Hall–Kier alpha value is -2.25. The first-order valence-electron chi connectivity index (χ1n) is 7.55. The number of carbonyl (C=O) groups is 1. The average molecular weight is 332 g/mol. The SMILES string of the molecule is CCCCCC#COC(=O)c1c(-c2ccccc2Cl)noc1C. The zero-order chi connectivity index (χ0) is 16.7. The number of aryl methyl sites for hydroxylation is 1. The van der Waals surface area contributed by atoms with Crippen LogP contribution < -0.4 is 0 Å². The van der Waals surface area contributed by atoms with Crippen LogP contribution in [0.15, 0.2) is 28.8 Å². The summed E-state index contributed by atoms with van der Waals surface area (Å²) in [5.41, 5.74) is 1.24. The molecule has 0 amide bonds. The largest absolute Gasteiger partial charge is 0.368 e. The van der Waals surface area contributed by atoms with E-state index in [1.54, 1.807) is 25.1 Å². The summed E-state index contributed by atoms with van der Waals surface area (Å²) >= 11 is 6.16. The van der Waals surface area contributed by atoms with Crippen molar-refractivity contribution in [1.29, 1.82) is 0 Å². The molecule has 23 heavy (non-hydrogen) atoms. The predicted molar refractivity (Wildman–Crippen MR) is 89.0 cm³/mol. The van der Waals surface area contributed by atoms with Crippen molar-refractivity contribution in [2.75, 3.05) is 0 Å². The van der Waals surface area contributed by atoms with Crippen LogP contribution in [0.5, 0.6) is 0 Å². The van der Waals surface area contributed by atoms with E-state index in [2.05, 4.69) is 24.1 Å². The number of esters is 1. The van der Waals surface area contributed by atoms with Gasteiger partial charge in [-0.2, -0.15) is 0 Å². The van der Waals surface area contributed by atoms with Gasteiger partial charge in [-0.3, -0.25) is 0 Å². The average Bonchev–Trinajstić information content (AvgIpc) is 2.92. The van der Waals surface area contributed by atoms with Crippen LogP contribution in [0, 0.1) is 19.0 Å². The molecule has 0 aliphatic heterocycles. The van der Waals surface area contributed by atoms with E-state index < -0.39 is 5.97 Å². The molecule has 0 atom stereocenters. The van der Waals surface area contributed by atoms with E-state index in [0.29, 0.717) is 28.5 Å². The maximum atomic E-state index is 12.3. The smallest absolute Gasteiger partial charge is 0.358 e. The van der Waals surface area contributed by atoms with Gasteiger partial charge >= 0.3 is 5.97 Å². The lowest BCUT2D eigenvalue weighted by Gasteiger charge is -2.02. The van der Waals surface area contributed by atoms with Crippen LogP contribution >= 0.6 is 11.6 Å². The predicted octanol–water partition coefficient (Wildman–Crippen LogP) is 5.00. The van der Waals surface area contributed by atoms with E-state index in [1.807, 2.05) is 6.07 Å². The lowest BCUT2D eigenvalue weighted by Crippen LogP contribution is -2.03. The first-order chi connectivity index (χ1) is 11.1. The molecule has 1 heterocycles. The molecule has 0 bridgehead atoms. The molecule has 0 radical (unpaired) electrons. The van der Waals surface area contributed by atoms with Crippen molar-refractivity contribution in [1.82, 2.24) is 5.16 Å². The Bertz CT molecular complexity index is 740. The van der Waals surface area contributed by atoms with Crippen LogP contribution in [0.2, 0.25) is 5.02 Å². The molecule has 0 aliphatic carbocycles. The van der Waals surface area contributed by atoms with Crippen LogP contribution in [-0.2, 0) is 4.74 Å². The molecule has 1 aromatic heterocycles.